The van der Waals surface area contributed by atoms with Crippen LogP contribution in [-0.2, 0) is 6.54 Å². The standard InChI is InChI=1S/C15H23NO2S/c1-18-15-8-3-11(9-14(15)17)10-16-12-4-6-13(19-2)7-5-12/h3,8-9,12-13,16-17H,4-7,10H2,1-2H3. The van der Waals surface area contributed by atoms with Gasteiger partial charge in [0.05, 0.1) is 7.11 Å². The predicted octanol–water partition coefficient (Wildman–Crippen LogP) is 3.16. The molecule has 1 aliphatic rings. The highest BCUT2D eigenvalue weighted by Crippen LogP contribution is 2.28. The molecule has 0 aliphatic heterocycles. The number of methoxy groups -OCH3 is 1. The normalized spacial score (nSPS) is 23.3. The monoisotopic (exact) mass is 281 g/mol. The lowest BCUT2D eigenvalue weighted by molar-refractivity contribution is 0.369. The number of nitrogens with one attached hydrogen (secondary N) is 1. The summed E-state index contributed by atoms with van der Waals surface area (Å²) in [5.41, 5.74) is 1.10. The summed E-state index contributed by atoms with van der Waals surface area (Å²) in [5, 5.41) is 14.2. The number of phenolic OH excluding ortho intramolecular Hbond substituents is 1. The molecular formula is C15H23NO2S. The Balaban J connectivity index is 1.81. The summed E-state index contributed by atoms with van der Waals surface area (Å²) in [6.07, 6.45) is 7.35. The molecule has 1 aromatic rings. The Morgan fingerprint density at radius 1 is 1.32 bits per heavy atom. The number of benzene rings is 1. The molecule has 2 N–H and O–H groups in total. The first-order valence-electron chi connectivity index (χ1n) is 6.85. The maximum absolute atomic E-state index is 9.74. The number of ether oxygens (including phenoxy) is 1. The van der Waals surface area contributed by atoms with Crippen LogP contribution in [0.3, 0.4) is 0 Å². The van der Waals surface area contributed by atoms with Crippen LogP contribution in [-0.4, -0.2) is 29.8 Å². The molecule has 0 heterocycles. The van der Waals surface area contributed by atoms with Crippen molar-refractivity contribution < 1.29 is 9.84 Å². The first-order valence-corrected chi connectivity index (χ1v) is 8.13. The van der Waals surface area contributed by atoms with Crippen LogP contribution in [0.25, 0.3) is 0 Å². The molecule has 0 bridgehead atoms. The summed E-state index contributed by atoms with van der Waals surface area (Å²) < 4.78 is 5.05. The van der Waals surface area contributed by atoms with E-state index in [9.17, 15) is 5.11 Å². The first-order chi connectivity index (χ1) is 9.22. The highest BCUT2D eigenvalue weighted by molar-refractivity contribution is 7.99. The van der Waals surface area contributed by atoms with Gasteiger partial charge in [-0.1, -0.05) is 6.07 Å². The van der Waals surface area contributed by atoms with E-state index in [-0.39, 0.29) is 5.75 Å². The molecule has 1 aliphatic carbocycles. The highest BCUT2D eigenvalue weighted by atomic mass is 32.2. The molecule has 0 saturated heterocycles. The zero-order valence-corrected chi connectivity index (χ0v) is 12.5. The minimum atomic E-state index is 0.216. The van der Waals surface area contributed by atoms with Gasteiger partial charge >= 0.3 is 0 Å². The van der Waals surface area contributed by atoms with Crippen molar-refractivity contribution >= 4 is 11.8 Å². The minimum Gasteiger partial charge on any atom is -0.504 e. The van der Waals surface area contributed by atoms with E-state index < -0.39 is 0 Å². The second-order valence-electron chi connectivity index (χ2n) is 5.10. The Kier molecular flexibility index (Phi) is 5.40. The zero-order valence-electron chi connectivity index (χ0n) is 11.7. The maximum atomic E-state index is 9.74. The second-order valence-corrected chi connectivity index (χ2v) is 6.23. The van der Waals surface area contributed by atoms with E-state index >= 15 is 0 Å². The Morgan fingerprint density at radius 3 is 2.63 bits per heavy atom. The van der Waals surface area contributed by atoms with Gasteiger partial charge in [0, 0.05) is 17.8 Å². The number of hydrogen-bond acceptors (Lipinski definition) is 4. The second kappa shape index (κ2) is 7.06. The minimum absolute atomic E-state index is 0.216. The summed E-state index contributed by atoms with van der Waals surface area (Å²) in [6.45, 7) is 0.812. The molecule has 3 nitrogen and oxygen atoms in total. The average Bonchev–Trinajstić information content (AvgIpc) is 2.46. The summed E-state index contributed by atoms with van der Waals surface area (Å²) in [7, 11) is 1.57. The molecule has 0 amide bonds. The highest BCUT2D eigenvalue weighted by Gasteiger charge is 2.19. The van der Waals surface area contributed by atoms with Crippen molar-refractivity contribution in [1.82, 2.24) is 5.32 Å². The number of phenols is 1. The van der Waals surface area contributed by atoms with Gasteiger partial charge < -0.3 is 15.2 Å². The van der Waals surface area contributed by atoms with Gasteiger partial charge in [0.1, 0.15) is 0 Å². The van der Waals surface area contributed by atoms with Crippen LogP contribution in [0.4, 0.5) is 0 Å². The van der Waals surface area contributed by atoms with Crippen molar-refractivity contribution in [2.75, 3.05) is 13.4 Å². The third kappa shape index (κ3) is 4.05. The summed E-state index contributed by atoms with van der Waals surface area (Å²) in [5.74, 6) is 0.747. The lowest BCUT2D eigenvalue weighted by Crippen LogP contribution is -2.33. The molecule has 1 aromatic carbocycles. The van der Waals surface area contributed by atoms with Gasteiger partial charge in [-0.2, -0.15) is 11.8 Å². The summed E-state index contributed by atoms with van der Waals surface area (Å²) in [6, 6.07) is 6.21. The fourth-order valence-electron chi connectivity index (χ4n) is 2.61. The number of rotatable bonds is 5. The van der Waals surface area contributed by atoms with Crippen LogP contribution in [0.15, 0.2) is 18.2 Å². The number of hydrogen-bond donors (Lipinski definition) is 2. The van der Waals surface area contributed by atoms with Crippen LogP contribution >= 0.6 is 11.8 Å². The van der Waals surface area contributed by atoms with E-state index in [0.29, 0.717) is 11.8 Å². The Morgan fingerprint density at radius 2 is 2.05 bits per heavy atom. The lowest BCUT2D eigenvalue weighted by Gasteiger charge is -2.28. The summed E-state index contributed by atoms with van der Waals surface area (Å²) >= 11 is 1.99. The topological polar surface area (TPSA) is 41.5 Å². The van der Waals surface area contributed by atoms with Crippen LogP contribution < -0.4 is 10.1 Å². The molecule has 19 heavy (non-hydrogen) atoms. The van der Waals surface area contributed by atoms with Crippen LogP contribution in [0.2, 0.25) is 0 Å². The van der Waals surface area contributed by atoms with Crippen molar-refractivity contribution in [2.24, 2.45) is 0 Å². The van der Waals surface area contributed by atoms with Crippen molar-refractivity contribution in [3.05, 3.63) is 23.8 Å². The van der Waals surface area contributed by atoms with Crippen molar-refractivity contribution in [3.63, 3.8) is 0 Å². The van der Waals surface area contributed by atoms with Crippen LogP contribution in [0.5, 0.6) is 11.5 Å². The third-order valence-electron chi connectivity index (χ3n) is 3.85. The molecular weight excluding hydrogens is 258 g/mol. The van der Waals surface area contributed by atoms with Crippen LogP contribution in [0.1, 0.15) is 31.2 Å². The largest absolute Gasteiger partial charge is 0.504 e. The van der Waals surface area contributed by atoms with Gasteiger partial charge in [0.25, 0.3) is 0 Å². The average molecular weight is 281 g/mol. The van der Waals surface area contributed by atoms with E-state index in [4.69, 9.17) is 4.74 Å². The Bertz CT molecular complexity index is 403. The molecule has 0 radical (unpaired) electrons. The molecule has 4 heteroatoms. The first kappa shape index (κ1) is 14.5. The van der Waals surface area contributed by atoms with E-state index in [1.54, 1.807) is 13.2 Å². The maximum Gasteiger partial charge on any atom is 0.160 e. The third-order valence-corrected chi connectivity index (χ3v) is 4.98. The van der Waals surface area contributed by atoms with E-state index in [2.05, 4.69) is 11.6 Å². The van der Waals surface area contributed by atoms with Crippen molar-refractivity contribution in [2.45, 2.75) is 43.5 Å². The Labute approximate surface area is 119 Å². The molecule has 2 rings (SSSR count). The van der Waals surface area contributed by atoms with E-state index in [1.165, 1.54) is 25.7 Å². The quantitative estimate of drug-likeness (QED) is 0.870. The SMILES string of the molecule is COc1ccc(CNC2CCC(SC)CC2)cc1O. The van der Waals surface area contributed by atoms with Gasteiger partial charge in [0.2, 0.25) is 0 Å². The smallest absolute Gasteiger partial charge is 0.160 e. The molecule has 1 fully saturated rings. The van der Waals surface area contributed by atoms with Gasteiger partial charge in [-0.25, -0.2) is 0 Å². The van der Waals surface area contributed by atoms with Gasteiger partial charge in [0.15, 0.2) is 11.5 Å². The molecule has 0 atom stereocenters. The fourth-order valence-corrected chi connectivity index (χ4v) is 3.35. The Hall–Kier alpha value is -0.870. The van der Waals surface area contributed by atoms with E-state index in [0.717, 1.165) is 17.4 Å². The van der Waals surface area contributed by atoms with Crippen molar-refractivity contribution in [3.8, 4) is 11.5 Å². The number of thioether (sulfide) groups is 1. The zero-order chi connectivity index (χ0) is 13.7. The fraction of sp³-hybridized carbons (Fsp3) is 0.600. The van der Waals surface area contributed by atoms with Crippen molar-refractivity contribution in [1.29, 1.82) is 0 Å². The molecule has 1 saturated carbocycles. The lowest BCUT2D eigenvalue weighted by atomic mass is 9.95. The predicted molar refractivity (Wildman–Crippen MR) is 81.1 cm³/mol. The molecule has 0 unspecified atom stereocenters. The van der Waals surface area contributed by atoms with Gasteiger partial charge in [-0.3, -0.25) is 0 Å². The van der Waals surface area contributed by atoms with E-state index in [1.807, 2.05) is 23.9 Å². The van der Waals surface area contributed by atoms with Gasteiger partial charge in [-0.15, -0.1) is 0 Å². The molecule has 0 spiro atoms. The van der Waals surface area contributed by atoms with Crippen LogP contribution in [0, 0.1) is 0 Å². The molecule has 0 aromatic heterocycles. The molecule has 106 valence electrons. The number of aromatic hydroxyl groups is 1. The van der Waals surface area contributed by atoms with Gasteiger partial charge in [-0.05, 0) is 49.6 Å². The summed E-state index contributed by atoms with van der Waals surface area (Å²) in [4.78, 5) is 0.